The lowest BCUT2D eigenvalue weighted by Crippen LogP contribution is -2.47. The van der Waals surface area contributed by atoms with Gasteiger partial charge < -0.3 is 25.6 Å². The predicted octanol–water partition coefficient (Wildman–Crippen LogP) is 1.65. The smallest absolute Gasteiger partial charge is 0.261 e. The lowest BCUT2D eigenvalue weighted by Gasteiger charge is -2.28. The van der Waals surface area contributed by atoms with Gasteiger partial charge in [0.1, 0.15) is 24.2 Å². The summed E-state index contributed by atoms with van der Waals surface area (Å²) in [4.78, 5) is 31.8. The summed E-state index contributed by atoms with van der Waals surface area (Å²) in [5, 5.41) is 16.7. The maximum Gasteiger partial charge on any atom is 0.261 e. The van der Waals surface area contributed by atoms with Gasteiger partial charge in [-0.25, -0.2) is 15.0 Å². The van der Waals surface area contributed by atoms with Crippen LogP contribution in [0.1, 0.15) is 34.5 Å². The standard InChI is InChI=1S/C27H30N8O4/c1-16(17-6-4-3-5-7-17)30-14-19(36)15-39-21-9-8-20-22(23(21)38-2)33-27(35-11-10-29-24(20)35)34-25(37)18-12-31-26(28)32-13-18/h3-9,12-13,16,19,30,36H,10-11,14-15H2,1-2H3,(H2,28,31,32)(H,33,34,37)/t16-,19?/m0/s1. The lowest BCUT2D eigenvalue weighted by molar-refractivity contribution is 0.0973. The number of aliphatic hydroxyl groups is 1. The van der Waals surface area contributed by atoms with E-state index < -0.39 is 12.0 Å². The number of nitrogens with one attached hydrogen (secondary N) is 2. The zero-order valence-electron chi connectivity index (χ0n) is 21.7. The van der Waals surface area contributed by atoms with E-state index in [1.807, 2.05) is 48.2 Å². The number of aliphatic hydroxyl groups excluding tert-OH is 1. The number of carbonyl (C=O) groups is 1. The van der Waals surface area contributed by atoms with Crippen molar-refractivity contribution in [2.75, 3.05) is 39.1 Å². The molecule has 5 rings (SSSR count). The van der Waals surface area contributed by atoms with Gasteiger partial charge in [0.2, 0.25) is 11.9 Å². The average molecular weight is 531 g/mol. The molecule has 12 nitrogen and oxygen atoms in total. The normalized spacial score (nSPS) is 15.4. The topological polar surface area (TPSA) is 160 Å². The van der Waals surface area contributed by atoms with Crippen molar-refractivity contribution in [1.29, 1.82) is 0 Å². The molecule has 2 aliphatic heterocycles. The summed E-state index contributed by atoms with van der Waals surface area (Å²) in [6, 6.07) is 13.7. The van der Waals surface area contributed by atoms with Crippen LogP contribution in [0.4, 0.5) is 11.6 Å². The number of nitrogen functional groups attached to an aromatic ring is 1. The largest absolute Gasteiger partial charge is 0.491 e. The van der Waals surface area contributed by atoms with Gasteiger partial charge in [-0.2, -0.15) is 0 Å². The van der Waals surface area contributed by atoms with E-state index in [1.54, 1.807) is 6.07 Å². The van der Waals surface area contributed by atoms with E-state index in [2.05, 4.69) is 25.6 Å². The minimum Gasteiger partial charge on any atom is -0.491 e. The number of guanidine groups is 1. The summed E-state index contributed by atoms with van der Waals surface area (Å²) in [5.74, 6) is 1.41. The Bertz CT molecular complexity index is 1390. The number of hydrogen-bond donors (Lipinski definition) is 4. The Morgan fingerprint density at radius 3 is 2.69 bits per heavy atom. The van der Waals surface area contributed by atoms with Crippen molar-refractivity contribution in [2.24, 2.45) is 9.98 Å². The first-order chi connectivity index (χ1) is 18.9. The monoisotopic (exact) mass is 530 g/mol. The van der Waals surface area contributed by atoms with Gasteiger partial charge in [-0.1, -0.05) is 30.3 Å². The number of aliphatic imine (C=N–C) groups is 2. The number of carbonyl (C=O) groups excluding carboxylic acids is 1. The number of methoxy groups -OCH3 is 1. The van der Waals surface area contributed by atoms with Crippen molar-refractivity contribution in [3.63, 3.8) is 0 Å². The molecular formula is C27H30N8O4. The van der Waals surface area contributed by atoms with Gasteiger partial charge in [0.25, 0.3) is 5.91 Å². The molecular weight excluding hydrogens is 500 g/mol. The van der Waals surface area contributed by atoms with Crippen LogP contribution in [0.25, 0.3) is 0 Å². The molecule has 1 unspecified atom stereocenters. The second-order valence-electron chi connectivity index (χ2n) is 9.08. The molecule has 0 fully saturated rings. The highest BCUT2D eigenvalue weighted by Gasteiger charge is 2.33. The number of ether oxygens (including phenoxy) is 2. The van der Waals surface area contributed by atoms with Crippen molar-refractivity contribution < 1.29 is 19.4 Å². The summed E-state index contributed by atoms with van der Waals surface area (Å²) in [6.45, 7) is 3.54. The van der Waals surface area contributed by atoms with Gasteiger partial charge in [-0.15, -0.1) is 0 Å². The van der Waals surface area contributed by atoms with Crippen molar-refractivity contribution >= 4 is 29.3 Å². The molecule has 3 heterocycles. The molecule has 5 N–H and O–H groups in total. The van der Waals surface area contributed by atoms with Gasteiger partial charge in [-0.05, 0) is 24.6 Å². The Morgan fingerprint density at radius 1 is 1.18 bits per heavy atom. The Balaban J connectivity index is 1.31. The third kappa shape index (κ3) is 5.66. The van der Waals surface area contributed by atoms with E-state index in [1.165, 1.54) is 19.5 Å². The molecule has 2 aliphatic rings. The number of anilines is 1. The van der Waals surface area contributed by atoms with Crippen LogP contribution in [0, 0.1) is 0 Å². The lowest BCUT2D eigenvalue weighted by atomic mass is 10.1. The number of aromatic nitrogens is 2. The zero-order chi connectivity index (χ0) is 27.4. The van der Waals surface area contributed by atoms with E-state index >= 15 is 0 Å². The van der Waals surface area contributed by atoms with Crippen LogP contribution in [-0.4, -0.2) is 77.1 Å². The van der Waals surface area contributed by atoms with Gasteiger partial charge in [0.15, 0.2) is 11.5 Å². The van der Waals surface area contributed by atoms with Gasteiger partial charge in [0.05, 0.1) is 19.2 Å². The molecule has 1 aromatic heterocycles. The molecule has 202 valence electrons. The van der Waals surface area contributed by atoms with Crippen LogP contribution in [0.2, 0.25) is 0 Å². The van der Waals surface area contributed by atoms with Crippen LogP contribution >= 0.6 is 0 Å². The molecule has 1 amide bonds. The third-order valence-electron chi connectivity index (χ3n) is 6.40. The van der Waals surface area contributed by atoms with Crippen molar-refractivity contribution in [2.45, 2.75) is 19.1 Å². The molecule has 3 aromatic rings. The number of fused-ring (bicyclic) bond motifs is 3. The summed E-state index contributed by atoms with van der Waals surface area (Å²) >= 11 is 0. The van der Waals surface area contributed by atoms with E-state index in [0.29, 0.717) is 48.6 Å². The molecule has 2 aromatic carbocycles. The summed E-state index contributed by atoms with van der Waals surface area (Å²) in [6.07, 6.45) is 1.94. The van der Waals surface area contributed by atoms with Crippen LogP contribution < -0.4 is 25.8 Å². The van der Waals surface area contributed by atoms with Crippen molar-refractivity contribution in [3.05, 3.63) is 71.5 Å². The predicted molar refractivity (Wildman–Crippen MR) is 146 cm³/mol. The molecule has 0 saturated carbocycles. The summed E-state index contributed by atoms with van der Waals surface area (Å²) in [7, 11) is 1.52. The fourth-order valence-electron chi connectivity index (χ4n) is 4.35. The fraction of sp³-hybridized carbons (Fsp3) is 0.296. The SMILES string of the molecule is COc1c(OCC(O)CN[C@@H](C)c2ccccc2)ccc2c1N=C(NC(=O)c1cnc(N)nc1)N1CCN=C21. The zero-order valence-corrected chi connectivity index (χ0v) is 21.7. The Kier molecular flexibility index (Phi) is 7.66. The van der Waals surface area contributed by atoms with Gasteiger partial charge >= 0.3 is 0 Å². The fourth-order valence-corrected chi connectivity index (χ4v) is 4.35. The number of amidine groups is 1. The Morgan fingerprint density at radius 2 is 1.95 bits per heavy atom. The Hall–Kier alpha value is -4.55. The van der Waals surface area contributed by atoms with Gasteiger partial charge in [-0.3, -0.25) is 20.0 Å². The second-order valence-corrected chi connectivity index (χ2v) is 9.08. The molecule has 2 atom stereocenters. The maximum absolute atomic E-state index is 12.9. The van der Waals surface area contributed by atoms with Crippen LogP contribution in [0.15, 0.2) is 64.8 Å². The van der Waals surface area contributed by atoms with E-state index in [9.17, 15) is 9.90 Å². The first kappa shape index (κ1) is 26.1. The first-order valence-corrected chi connectivity index (χ1v) is 12.5. The minimum absolute atomic E-state index is 0.0428. The average Bonchev–Trinajstić information content (AvgIpc) is 3.46. The number of nitrogens with zero attached hydrogens (tertiary/aromatic N) is 5. The van der Waals surface area contributed by atoms with Crippen molar-refractivity contribution in [1.82, 2.24) is 25.5 Å². The van der Waals surface area contributed by atoms with E-state index in [4.69, 9.17) is 20.2 Å². The number of rotatable bonds is 9. The molecule has 0 bridgehead atoms. The highest BCUT2D eigenvalue weighted by molar-refractivity contribution is 6.20. The molecule has 39 heavy (non-hydrogen) atoms. The first-order valence-electron chi connectivity index (χ1n) is 12.5. The molecule has 12 heteroatoms. The van der Waals surface area contributed by atoms with Crippen molar-refractivity contribution in [3.8, 4) is 11.5 Å². The molecule has 0 saturated heterocycles. The highest BCUT2D eigenvalue weighted by atomic mass is 16.5. The Labute approximate surface area is 225 Å². The summed E-state index contributed by atoms with van der Waals surface area (Å²) < 4.78 is 11.6. The third-order valence-corrected chi connectivity index (χ3v) is 6.40. The maximum atomic E-state index is 12.9. The molecule has 0 radical (unpaired) electrons. The number of benzene rings is 2. The minimum atomic E-state index is -0.757. The quantitative estimate of drug-likeness (QED) is 0.323. The van der Waals surface area contributed by atoms with E-state index in [0.717, 1.165) is 11.1 Å². The second kappa shape index (κ2) is 11.5. The summed E-state index contributed by atoms with van der Waals surface area (Å²) in [5.41, 5.74) is 8.13. The van der Waals surface area contributed by atoms with Crippen LogP contribution in [0.5, 0.6) is 11.5 Å². The highest BCUT2D eigenvalue weighted by Crippen LogP contribution is 2.43. The number of amides is 1. The van der Waals surface area contributed by atoms with E-state index in [-0.39, 0.29) is 24.2 Å². The van der Waals surface area contributed by atoms with Gasteiger partial charge in [0, 0.05) is 37.1 Å². The number of nitrogens with two attached hydrogens (primary N) is 1. The van der Waals surface area contributed by atoms with Crippen LogP contribution in [-0.2, 0) is 0 Å². The number of hydrogen-bond acceptors (Lipinski definition) is 11. The molecule has 0 aliphatic carbocycles. The van der Waals surface area contributed by atoms with Crippen LogP contribution in [0.3, 0.4) is 0 Å². The molecule has 0 spiro atoms.